The molecule has 0 aliphatic carbocycles. The second-order valence-corrected chi connectivity index (χ2v) is 4.55. The third-order valence-electron chi connectivity index (χ3n) is 2.74. The zero-order chi connectivity index (χ0) is 14.4. The van der Waals surface area contributed by atoms with Gasteiger partial charge in [0, 0.05) is 12.0 Å². The SMILES string of the molecule is N#Cc1ccc(OCCC(=O)c2ccccc2)c(Cl)c1. The number of hydrogen-bond acceptors (Lipinski definition) is 3. The lowest BCUT2D eigenvalue weighted by Crippen LogP contribution is -2.06. The number of ketones is 1. The third-order valence-corrected chi connectivity index (χ3v) is 3.04. The molecule has 2 aromatic rings. The average Bonchev–Trinajstić information content (AvgIpc) is 2.49. The lowest BCUT2D eigenvalue weighted by Gasteiger charge is -2.07. The molecule has 20 heavy (non-hydrogen) atoms. The molecule has 0 aliphatic rings. The first-order valence-electron chi connectivity index (χ1n) is 6.11. The summed E-state index contributed by atoms with van der Waals surface area (Å²) in [5.74, 6) is 0.502. The minimum absolute atomic E-state index is 0.0235. The van der Waals surface area contributed by atoms with E-state index in [0.717, 1.165) is 0 Å². The molecule has 0 radical (unpaired) electrons. The Balaban J connectivity index is 1.91. The molecule has 2 rings (SSSR count). The van der Waals surface area contributed by atoms with Crippen molar-refractivity contribution in [2.24, 2.45) is 0 Å². The van der Waals surface area contributed by atoms with Crippen LogP contribution in [-0.4, -0.2) is 12.4 Å². The summed E-state index contributed by atoms with van der Waals surface area (Å²) >= 11 is 5.98. The van der Waals surface area contributed by atoms with Crippen LogP contribution in [0.25, 0.3) is 0 Å². The normalized spacial score (nSPS) is 9.80. The van der Waals surface area contributed by atoms with Crippen molar-refractivity contribution in [3.63, 3.8) is 0 Å². The van der Waals surface area contributed by atoms with Crippen LogP contribution >= 0.6 is 11.6 Å². The van der Waals surface area contributed by atoms with E-state index < -0.39 is 0 Å². The first-order chi connectivity index (χ1) is 9.70. The van der Waals surface area contributed by atoms with Gasteiger partial charge in [0.15, 0.2) is 5.78 Å². The van der Waals surface area contributed by atoms with Gasteiger partial charge >= 0.3 is 0 Å². The van der Waals surface area contributed by atoms with E-state index in [2.05, 4.69) is 0 Å². The molecule has 0 fully saturated rings. The number of carbonyl (C=O) groups is 1. The Bertz CT molecular complexity index is 647. The molecule has 0 aliphatic heterocycles. The summed E-state index contributed by atoms with van der Waals surface area (Å²) in [7, 11) is 0. The number of Topliss-reactive ketones (excluding diaryl/α,β-unsaturated/α-hetero) is 1. The molecule has 100 valence electrons. The van der Waals surface area contributed by atoms with Gasteiger partial charge in [0.2, 0.25) is 0 Å². The molecule has 2 aromatic carbocycles. The van der Waals surface area contributed by atoms with Gasteiger partial charge in [-0.1, -0.05) is 41.9 Å². The molecule has 0 atom stereocenters. The zero-order valence-electron chi connectivity index (χ0n) is 10.7. The molecule has 0 amide bonds. The summed E-state index contributed by atoms with van der Waals surface area (Å²) in [4.78, 5) is 11.9. The molecule has 0 unspecified atom stereocenters. The van der Waals surface area contributed by atoms with Crippen molar-refractivity contribution in [2.75, 3.05) is 6.61 Å². The van der Waals surface area contributed by atoms with Crippen LogP contribution in [-0.2, 0) is 0 Å². The maximum absolute atomic E-state index is 11.9. The van der Waals surface area contributed by atoms with Gasteiger partial charge in [-0.25, -0.2) is 0 Å². The van der Waals surface area contributed by atoms with Crippen molar-refractivity contribution in [3.05, 3.63) is 64.7 Å². The van der Waals surface area contributed by atoms with Gasteiger partial charge in [-0.05, 0) is 18.2 Å². The van der Waals surface area contributed by atoms with Gasteiger partial charge in [-0.15, -0.1) is 0 Å². The van der Waals surface area contributed by atoms with Crippen molar-refractivity contribution in [1.82, 2.24) is 0 Å². The lowest BCUT2D eigenvalue weighted by atomic mass is 10.1. The maximum atomic E-state index is 11.9. The molecule has 3 nitrogen and oxygen atoms in total. The third kappa shape index (κ3) is 3.59. The molecule has 0 saturated heterocycles. The highest BCUT2D eigenvalue weighted by Crippen LogP contribution is 2.25. The van der Waals surface area contributed by atoms with E-state index in [9.17, 15) is 4.79 Å². The number of benzene rings is 2. The highest BCUT2D eigenvalue weighted by molar-refractivity contribution is 6.32. The van der Waals surface area contributed by atoms with Crippen LogP contribution in [0, 0.1) is 11.3 Å². The second kappa shape index (κ2) is 6.74. The molecule has 0 spiro atoms. The Morgan fingerprint density at radius 1 is 1.20 bits per heavy atom. The molecule has 0 saturated carbocycles. The van der Waals surface area contributed by atoms with Crippen molar-refractivity contribution in [1.29, 1.82) is 5.26 Å². The molecule has 0 N–H and O–H groups in total. The van der Waals surface area contributed by atoms with Gasteiger partial charge in [-0.2, -0.15) is 5.26 Å². The van der Waals surface area contributed by atoms with Crippen LogP contribution in [0.15, 0.2) is 48.5 Å². The summed E-state index contributed by atoms with van der Waals surface area (Å²) in [5.41, 5.74) is 1.14. The van der Waals surface area contributed by atoms with Crippen molar-refractivity contribution < 1.29 is 9.53 Å². The molecular weight excluding hydrogens is 274 g/mol. The van der Waals surface area contributed by atoms with E-state index in [-0.39, 0.29) is 18.8 Å². The number of rotatable bonds is 5. The monoisotopic (exact) mass is 285 g/mol. The zero-order valence-corrected chi connectivity index (χ0v) is 11.4. The number of hydrogen-bond donors (Lipinski definition) is 0. The average molecular weight is 286 g/mol. The fourth-order valence-corrected chi connectivity index (χ4v) is 1.94. The summed E-state index contributed by atoms with van der Waals surface area (Å²) < 4.78 is 5.47. The number of nitrogens with zero attached hydrogens (tertiary/aromatic N) is 1. The van der Waals surface area contributed by atoms with Crippen molar-refractivity contribution in [3.8, 4) is 11.8 Å². The standard InChI is InChI=1S/C16H12ClNO2/c17-14-10-12(11-18)6-7-16(14)20-9-8-15(19)13-4-2-1-3-5-13/h1-7,10H,8-9H2. The Labute approximate surface area is 122 Å². The van der Waals surface area contributed by atoms with Crippen LogP contribution in [0.2, 0.25) is 5.02 Å². The topological polar surface area (TPSA) is 50.1 Å². The van der Waals surface area contributed by atoms with Gasteiger partial charge in [0.25, 0.3) is 0 Å². The minimum atomic E-state index is 0.0235. The first-order valence-corrected chi connectivity index (χ1v) is 6.49. The Hall–Kier alpha value is -2.31. The Morgan fingerprint density at radius 3 is 2.60 bits per heavy atom. The molecule has 0 bridgehead atoms. The van der Waals surface area contributed by atoms with Gasteiger partial charge in [0.1, 0.15) is 5.75 Å². The number of carbonyl (C=O) groups excluding carboxylic acids is 1. The van der Waals surface area contributed by atoms with Gasteiger partial charge in [-0.3, -0.25) is 4.79 Å². The van der Waals surface area contributed by atoms with Gasteiger partial charge < -0.3 is 4.74 Å². The van der Waals surface area contributed by atoms with E-state index in [0.29, 0.717) is 21.9 Å². The van der Waals surface area contributed by atoms with Crippen molar-refractivity contribution >= 4 is 17.4 Å². The number of nitriles is 1. The van der Waals surface area contributed by atoms with Crippen molar-refractivity contribution in [2.45, 2.75) is 6.42 Å². The predicted molar refractivity (Wildman–Crippen MR) is 77.1 cm³/mol. The fraction of sp³-hybridized carbons (Fsp3) is 0.125. The Morgan fingerprint density at radius 2 is 1.95 bits per heavy atom. The molecule has 0 heterocycles. The number of ether oxygens (including phenoxy) is 1. The van der Waals surface area contributed by atoms with Crippen LogP contribution < -0.4 is 4.74 Å². The molecule has 0 aromatic heterocycles. The van der Waals surface area contributed by atoms with Crippen LogP contribution in [0.4, 0.5) is 0 Å². The Kier molecular flexibility index (Phi) is 4.75. The maximum Gasteiger partial charge on any atom is 0.166 e. The van der Waals surface area contributed by atoms with E-state index >= 15 is 0 Å². The smallest absolute Gasteiger partial charge is 0.166 e. The summed E-state index contributed by atoms with van der Waals surface area (Å²) in [6, 6.07) is 15.9. The highest BCUT2D eigenvalue weighted by Gasteiger charge is 2.07. The quantitative estimate of drug-likeness (QED) is 0.784. The summed E-state index contributed by atoms with van der Waals surface area (Å²) in [5, 5.41) is 9.11. The highest BCUT2D eigenvalue weighted by atomic mass is 35.5. The van der Waals surface area contributed by atoms with E-state index in [4.69, 9.17) is 21.6 Å². The summed E-state index contributed by atoms with van der Waals surface area (Å²) in [6.45, 7) is 0.249. The van der Waals surface area contributed by atoms with Crippen LogP contribution in [0.1, 0.15) is 22.3 Å². The predicted octanol–water partition coefficient (Wildman–Crippen LogP) is 3.86. The van der Waals surface area contributed by atoms with E-state index in [1.165, 1.54) is 6.07 Å². The second-order valence-electron chi connectivity index (χ2n) is 4.14. The van der Waals surface area contributed by atoms with E-state index in [1.54, 1.807) is 24.3 Å². The number of halogens is 1. The van der Waals surface area contributed by atoms with E-state index in [1.807, 2.05) is 24.3 Å². The van der Waals surface area contributed by atoms with Crippen LogP contribution in [0.3, 0.4) is 0 Å². The summed E-state index contributed by atoms with van der Waals surface area (Å²) in [6.07, 6.45) is 0.278. The largest absolute Gasteiger partial charge is 0.492 e. The molecular formula is C16H12ClNO2. The first kappa shape index (κ1) is 14.1. The molecule has 4 heteroatoms. The fourth-order valence-electron chi connectivity index (χ4n) is 1.71. The lowest BCUT2D eigenvalue weighted by molar-refractivity contribution is 0.0962. The minimum Gasteiger partial charge on any atom is -0.492 e. The van der Waals surface area contributed by atoms with Crippen LogP contribution in [0.5, 0.6) is 5.75 Å². The van der Waals surface area contributed by atoms with Gasteiger partial charge in [0.05, 0.1) is 23.3 Å².